The maximum absolute atomic E-state index is 13.2. The fraction of sp³-hybridized carbons (Fsp3) is 0.278. The topological polar surface area (TPSA) is 38.3 Å². The number of halogens is 2. The van der Waals surface area contributed by atoms with Crippen molar-refractivity contribution in [3.63, 3.8) is 0 Å². The van der Waals surface area contributed by atoms with Crippen molar-refractivity contribution in [1.82, 2.24) is 5.32 Å². The van der Waals surface area contributed by atoms with Gasteiger partial charge in [0.25, 0.3) is 5.91 Å². The summed E-state index contributed by atoms with van der Waals surface area (Å²) in [5, 5.41) is 2.78. The Morgan fingerprint density at radius 1 is 1.17 bits per heavy atom. The van der Waals surface area contributed by atoms with E-state index in [0.717, 1.165) is 23.3 Å². The monoisotopic (exact) mass is 319 g/mol. The Morgan fingerprint density at radius 2 is 1.91 bits per heavy atom. The predicted octanol–water partition coefficient (Wildman–Crippen LogP) is 4.16. The number of hydrogen-bond acceptors (Lipinski definition) is 2. The summed E-state index contributed by atoms with van der Waals surface area (Å²) in [6.45, 7) is 6.16. The van der Waals surface area contributed by atoms with Crippen molar-refractivity contribution in [2.24, 2.45) is 0 Å². The van der Waals surface area contributed by atoms with Crippen molar-refractivity contribution in [2.75, 3.05) is 6.61 Å². The van der Waals surface area contributed by atoms with E-state index in [-0.39, 0.29) is 11.6 Å². The fourth-order valence-electron chi connectivity index (χ4n) is 2.29. The summed E-state index contributed by atoms with van der Waals surface area (Å²) in [6, 6.07) is 8.45. The number of amides is 1. The standard InChI is InChI=1S/C18H19F2NO2/c1-4-23-17-8-5-11(2)9-14(17)12(3)21-18(22)13-6-7-15(19)16(20)10-13/h5-10,12H,4H2,1-3H3,(H,21,22). The molecule has 0 saturated carbocycles. The predicted molar refractivity (Wildman–Crippen MR) is 84.6 cm³/mol. The minimum absolute atomic E-state index is 0.0707. The van der Waals surface area contributed by atoms with Crippen LogP contribution in [0.5, 0.6) is 5.75 Å². The molecule has 0 heterocycles. The van der Waals surface area contributed by atoms with E-state index in [9.17, 15) is 13.6 Å². The van der Waals surface area contributed by atoms with Crippen LogP contribution in [0.1, 0.15) is 41.4 Å². The van der Waals surface area contributed by atoms with E-state index in [1.807, 2.05) is 39.0 Å². The molecule has 1 amide bonds. The zero-order valence-corrected chi connectivity index (χ0v) is 13.3. The third-order valence-corrected chi connectivity index (χ3v) is 3.46. The number of nitrogens with one attached hydrogen (secondary N) is 1. The summed E-state index contributed by atoms with van der Waals surface area (Å²) < 4.78 is 31.8. The normalized spacial score (nSPS) is 11.9. The van der Waals surface area contributed by atoms with E-state index in [4.69, 9.17) is 4.74 Å². The molecule has 5 heteroatoms. The van der Waals surface area contributed by atoms with Crippen LogP contribution in [0.4, 0.5) is 8.78 Å². The van der Waals surface area contributed by atoms with Gasteiger partial charge in [-0.2, -0.15) is 0 Å². The van der Waals surface area contributed by atoms with Crippen molar-refractivity contribution in [3.05, 3.63) is 64.7 Å². The largest absolute Gasteiger partial charge is 0.494 e. The lowest BCUT2D eigenvalue weighted by molar-refractivity contribution is 0.0939. The molecule has 0 saturated heterocycles. The van der Waals surface area contributed by atoms with Crippen molar-refractivity contribution in [1.29, 1.82) is 0 Å². The molecule has 0 aliphatic heterocycles. The second kappa shape index (κ2) is 7.22. The average molecular weight is 319 g/mol. The zero-order chi connectivity index (χ0) is 17.0. The Hall–Kier alpha value is -2.43. The highest BCUT2D eigenvalue weighted by molar-refractivity contribution is 5.94. The minimum atomic E-state index is -1.05. The van der Waals surface area contributed by atoms with E-state index in [0.29, 0.717) is 12.4 Å². The number of carbonyl (C=O) groups excluding carboxylic acids is 1. The van der Waals surface area contributed by atoms with Gasteiger partial charge < -0.3 is 10.1 Å². The first-order valence-corrected chi connectivity index (χ1v) is 7.41. The molecule has 0 aromatic heterocycles. The molecule has 2 rings (SSSR count). The Morgan fingerprint density at radius 3 is 2.57 bits per heavy atom. The van der Waals surface area contributed by atoms with Gasteiger partial charge in [-0.1, -0.05) is 17.7 Å². The maximum Gasteiger partial charge on any atom is 0.251 e. The Balaban J connectivity index is 2.21. The van der Waals surface area contributed by atoms with Crippen LogP contribution in [-0.2, 0) is 0 Å². The van der Waals surface area contributed by atoms with E-state index in [2.05, 4.69) is 5.32 Å². The van der Waals surface area contributed by atoms with Gasteiger partial charge in [-0.05, 0) is 45.0 Å². The molecule has 0 bridgehead atoms. The summed E-state index contributed by atoms with van der Waals surface area (Å²) >= 11 is 0. The van der Waals surface area contributed by atoms with Crippen LogP contribution in [0.25, 0.3) is 0 Å². The summed E-state index contributed by atoms with van der Waals surface area (Å²) in [5.74, 6) is -1.81. The first kappa shape index (κ1) is 16.9. The highest BCUT2D eigenvalue weighted by Crippen LogP contribution is 2.26. The smallest absolute Gasteiger partial charge is 0.251 e. The van der Waals surface area contributed by atoms with Gasteiger partial charge in [0, 0.05) is 11.1 Å². The van der Waals surface area contributed by atoms with Crippen LogP contribution < -0.4 is 10.1 Å². The van der Waals surface area contributed by atoms with Gasteiger partial charge in [0.1, 0.15) is 5.75 Å². The van der Waals surface area contributed by atoms with Gasteiger partial charge in [-0.15, -0.1) is 0 Å². The van der Waals surface area contributed by atoms with Crippen LogP contribution in [0.2, 0.25) is 0 Å². The highest BCUT2D eigenvalue weighted by Gasteiger charge is 2.16. The molecule has 0 spiro atoms. The molecule has 122 valence electrons. The van der Waals surface area contributed by atoms with Crippen molar-refractivity contribution < 1.29 is 18.3 Å². The number of aryl methyl sites for hydroxylation is 1. The molecular weight excluding hydrogens is 300 g/mol. The van der Waals surface area contributed by atoms with Crippen LogP contribution in [-0.4, -0.2) is 12.5 Å². The van der Waals surface area contributed by atoms with E-state index in [1.165, 1.54) is 6.07 Å². The third kappa shape index (κ3) is 4.06. The maximum atomic E-state index is 13.2. The third-order valence-electron chi connectivity index (χ3n) is 3.46. The molecule has 0 aliphatic rings. The molecule has 1 atom stereocenters. The Labute approximate surface area is 134 Å². The Kier molecular flexibility index (Phi) is 5.32. The fourth-order valence-corrected chi connectivity index (χ4v) is 2.29. The molecule has 23 heavy (non-hydrogen) atoms. The van der Waals surface area contributed by atoms with E-state index < -0.39 is 17.5 Å². The molecule has 0 fully saturated rings. The first-order valence-electron chi connectivity index (χ1n) is 7.41. The van der Waals surface area contributed by atoms with Gasteiger partial charge in [0.05, 0.1) is 12.6 Å². The first-order chi connectivity index (χ1) is 10.9. The van der Waals surface area contributed by atoms with Crippen LogP contribution in [0.15, 0.2) is 36.4 Å². The van der Waals surface area contributed by atoms with Crippen LogP contribution in [0, 0.1) is 18.6 Å². The number of carbonyl (C=O) groups is 1. The van der Waals surface area contributed by atoms with Gasteiger partial charge in [0.15, 0.2) is 11.6 Å². The summed E-state index contributed by atoms with van der Waals surface area (Å²) in [6.07, 6.45) is 0. The van der Waals surface area contributed by atoms with E-state index >= 15 is 0 Å². The summed E-state index contributed by atoms with van der Waals surface area (Å²) in [7, 11) is 0. The second-order valence-electron chi connectivity index (χ2n) is 5.30. The van der Waals surface area contributed by atoms with Gasteiger partial charge in [0.2, 0.25) is 0 Å². The molecule has 2 aromatic carbocycles. The van der Waals surface area contributed by atoms with Crippen molar-refractivity contribution in [2.45, 2.75) is 26.8 Å². The zero-order valence-electron chi connectivity index (χ0n) is 13.3. The molecule has 2 aromatic rings. The van der Waals surface area contributed by atoms with Gasteiger partial charge in [-0.25, -0.2) is 8.78 Å². The number of rotatable bonds is 5. The molecule has 3 nitrogen and oxygen atoms in total. The van der Waals surface area contributed by atoms with Gasteiger partial charge in [-0.3, -0.25) is 4.79 Å². The van der Waals surface area contributed by atoms with Gasteiger partial charge >= 0.3 is 0 Å². The van der Waals surface area contributed by atoms with Crippen LogP contribution >= 0.6 is 0 Å². The lowest BCUT2D eigenvalue weighted by Crippen LogP contribution is -2.27. The molecule has 1 N–H and O–H groups in total. The second-order valence-corrected chi connectivity index (χ2v) is 5.30. The molecule has 0 radical (unpaired) electrons. The summed E-state index contributed by atoms with van der Waals surface area (Å²) in [5.41, 5.74) is 1.95. The lowest BCUT2D eigenvalue weighted by atomic mass is 10.0. The highest BCUT2D eigenvalue weighted by atomic mass is 19.2. The number of hydrogen-bond donors (Lipinski definition) is 1. The Bertz CT molecular complexity index is 716. The van der Waals surface area contributed by atoms with Crippen LogP contribution in [0.3, 0.4) is 0 Å². The SMILES string of the molecule is CCOc1ccc(C)cc1C(C)NC(=O)c1ccc(F)c(F)c1. The van der Waals surface area contributed by atoms with Crippen molar-refractivity contribution >= 4 is 5.91 Å². The average Bonchev–Trinajstić information content (AvgIpc) is 2.51. The van der Waals surface area contributed by atoms with E-state index in [1.54, 1.807) is 0 Å². The minimum Gasteiger partial charge on any atom is -0.494 e. The number of benzene rings is 2. The molecule has 1 unspecified atom stereocenters. The number of ether oxygens (including phenoxy) is 1. The lowest BCUT2D eigenvalue weighted by Gasteiger charge is -2.19. The van der Waals surface area contributed by atoms with Crippen molar-refractivity contribution in [3.8, 4) is 5.75 Å². The quantitative estimate of drug-likeness (QED) is 0.898. The summed E-state index contributed by atoms with van der Waals surface area (Å²) in [4.78, 5) is 12.2. The molecular formula is C18H19F2NO2. The molecule has 0 aliphatic carbocycles.